The molecule has 1 aromatic rings. The van der Waals surface area contributed by atoms with Crippen LogP contribution in [0.5, 0.6) is 5.75 Å². The summed E-state index contributed by atoms with van der Waals surface area (Å²) in [6, 6.07) is 5.25. The number of nitrogens with zero attached hydrogens (tertiary/aromatic N) is 1. The van der Waals surface area contributed by atoms with Gasteiger partial charge in [0.2, 0.25) is 0 Å². The second-order valence-corrected chi connectivity index (χ2v) is 5.01. The molecule has 1 aliphatic carbocycles. The Morgan fingerprint density at radius 2 is 1.89 bits per heavy atom. The smallest absolute Gasteiger partial charge is 0.275 e. The van der Waals surface area contributed by atoms with Crippen LogP contribution in [-0.4, -0.2) is 18.1 Å². The molecule has 0 heterocycles. The molecule has 1 saturated carbocycles. The third-order valence-electron chi connectivity index (χ3n) is 3.56. The molecule has 0 bridgehead atoms. The van der Waals surface area contributed by atoms with Crippen LogP contribution in [0.25, 0.3) is 0 Å². The van der Waals surface area contributed by atoms with Gasteiger partial charge in [-0.25, -0.2) is 0 Å². The summed E-state index contributed by atoms with van der Waals surface area (Å²) in [6.45, 7) is 0. The first-order valence-corrected chi connectivity index (χ1v) is 6.79. The molecular formula is C14H20N2O3. The first-order valence-electron chi connectivity index (χ1n) is 6.79. The van der Waals surface area contributed by atoms with Gasteiger partial charge in [-0.15, -0.1) is 0 Å². The number of methoxy groups -OCH3 is 1. The van der Waals surface area contributed by atoms with Gasteiger partial charge in [0, 0.05) is 23.9 Å². The highest BCUT2D eigenvalue weighted by atomic mass is 16.6. The lowest BCUT2D eigenvalue weighted by Gasteiger charge is -2.18. The SMILES string of the molecule is COc1cc(NC2CCCCCC2)cc([N+](=O)[O-])c1. The maximum absolute atomic E-state index is 10.9. The van der Waals surface area contributed by atoms with Crippen molar-refractivity contribution in [3.05, 3.63) is 28.3 Å². The summed E-state index contributed by atoms with van der Waals surface area (Å²) >= 11 is 0. The van der Waals surface area contributed by atoms with Crippen molar-refractivity contribution < 1.29 is 9.66 Å². The van der Waals surface area contributed by atoms with Gasteiger partial charge < -0.3 is 10.1 Å². The third-order valence-corrected chi connectivity index (χ3v) is 3.56. The largest absolute Gasteiger partial charge is 0.496 e. The molecule has 0 atom stereocenters. The van der Waals surface area contributed by atoms with Gasteiger partial charge in [-0.05, 0) is 12.8 Å². The van der Waals surface area contributed by atoms with Crippen LogP contribution in [0, 0.1) is 10.1 Å². The van der Waals surface area contributed by atoms with Crippen LogP contribution in [0.1, 0.15) is 38.5 Å². The Hall–Kier alpha value is -1.78. The van der Waals surface area contributed by atoms with E-state index in [0.717, 1.165) is 18.5 Å². The number of ether oxygens (including phenoxy) is 1. The van der Waals surface area contributed by atoms with E-state index in [9.17, 15) is 10.1 Å². The van der Waals surface area contributed by atoms with Crippen molar-refractivity contribution in [2.24, 2.45) is 0 Å². The number of nitro benzene ring substituents is 1. The van der Waals surface area contributed by atoms with Gasteiger partial charge >= 0.3 is 0 Å². The summed E-state index contributed by atoms with van der Waals surface area (Å²) in [6.07, 6.45) is 7.29. The highest BCUT2D eigenvalue weighted by Crippen LogP contribution is 2.28. The maximum Gasteiger partial charge on any atom is 0.275 e. The highest BCUT2D eigenvalue weighted by Gasteiger charge is 2.15. The summed E-state index contributed by atoms with van der Waals surface area (Å²) in [7, 11) is 1.52. The average Bonchev–Trinajstić information content (AvgIpc) is 2.67. The van der Waals surface area contributed by atoms with Crippen LogP contribution < -0.4 is 10.1 Å². The standard InChI is InChI=1S/C14H20N2O3/c1-19-14-9-12(8-13(10-14)16(17)18)15-11-6-4-2-3-5-7-11/h8-11,15H,2-7H2,1H3. The Bertz CT molecular complexity index is 440. The van der Waals surface area contributed by atoms with E-state index in [2.05, 4.69) is 5.32 Å². The van der Waals surface area contributed by atoms with E-state index < -0.39 is 0 Å². The summed E-state index contributed by atoms with van der Waals surface area (Å²) in [5.41, 5.74) is 0.841. The summed E-state index contributed by atoms with van der Waals surface area (Å²) in [5, 5.41) is 14.3. The average molecular weight is 264 g/mol. The molecule has 0 unspecified atom stereocenters. The van der Waals surface area contributed by atoms with E-state index >= 15 is 0 Å². The van der Waals surface area contributed by atoms with Crippen LogP contribution in [0.15, 0.2) is 18.2 Å². The molecule has 5 nitrogen and oxygen atoms in total. The second-order valence-electron chi connectivity index (χ2n) is 5.01. The topological polar surface area (TPSA) is 64.4 Å². The third kappa shape index (κ3) is 3.84. The lowest BCUT2D eigenvalue weighted by molar-refractivity contribution is -0.384. The molecule has 0 aliphatic heterocycles. The van der Waals surface area contributed by atoms with Crippen molar-refractivity contribution in [1.29, 1.82) is 0 Å². The van der Waals surface area contributed by atoms with Crippen LogP contribution in [0.2, 0.25) is 0 Å². The zero-order valence-corrected chi connectivity index (χ0v) is 11.2. The molecule has 0 aromatic heterocycles. The first kappa shape index (κ1) is 13.6. The molecule has 0 spiro atoms. The number of hydrogen-bond acceptors (Lipinski definition) is 4. The molecule has 0 radical (unpaired) electrons. The molecule has 1 N–H and O–H groups in total. The molecule has 0 saturated heterocycles. The number of rotatable bonds is 4. The minimum atomic E-state index is -0.388. The predicted molar refractivity (Wildman–Crippen MR) is 74.8 cm³/mol. The van der Waals surface area contributed by atoms with Crippen LogP contribution in [0.4, 0.5) is 11.4 Å². The van der Waals surface area contributed by atoms with Crippen LogP contribution >= 0.6 is 0 Å². The van der Waals surface area contributed by atoms with E-state index in [1.165, 1.54) is 38.9 Å². The van der Waals surface area contributed by atoms with Crippen molar-refractivity contribution in [2.75, 3.05) is 12.4 Å². The molecule has 2 rings (SSSR count). The quantitative estimate of drug-likeness (QED) is 0.511. The fourth-order valence-electron chi connectivity index (χ4n) is 2.55. The Labute approximate surface area is 113 Å². The second kappa shape index (κ2) is 6.41. The number of hydrogen-bond donors (Lipinski definition) is 1. The lowest BCUT2D eigenvalue weighted by Crippen LogP contribution is -2.18. The fraction of sp³-hybridized carbons (Fsp3) is 0.571. The van der Waals surface area contributed by atoms with Crippen molar-refractivity contribution in [1.82, 2.24) is 0 Å². The Balaban J connectivity index is 2.13. The van der Waals surface area contributed by atoms with Crippen molar-refractivity contribution in [2.45, 2.75) is 44.6 Å². The van der Waals surface area contributed by atoms with Crippen molar-refractivity contribution in [3.8, 4) is 5.75 Å². The van der Waals surface area contributed by atoms with Crippen molar-refractivity contribution in [3.63, 3.8) is 0 Å². The monoisotopic (exact) mass is 264 g/mol. The number of benzene rings is 1. The minimum absolute atomic E-state index is 0.0653. The minimum Gasteiger partial charge on any atom is -0.496 e. The number of anilines is 1. The zero-order valence-electron chi connectivity index (χ0n) is 11.2. The molecule has 1 fully saturated rings. The van der Waals surface area contributed by atoms with Gasteiger partial charge in [-0.2, -0.15) is 0 Å². The van der Waals surface area contributed by atoms with Gasteiger partial charge in [0.15, 0.2) is 0 Å². The van der Waals surface area contributed by atoms with Gasteiger partial charge in [-0.1, -0.05) is 25.7 Å². The first-order chi connectivity index (χ1) is 9.19. The van der Waals surface area contributed by atoms with Gasteiger partial charge in [0.1, 0.15) is 5.75 Å². The molecule has 19 heavy (non-hydrogen) atoms. The molecule has 1 aromatic carbocycles. The summed E-state index contributed by atoms with van der Waals surface area (Å²) in [4.78, 5) is 10.5. The predicted octanol–water partition coefficient (Wildman–Crippen LogP) is 3.74. The molecule has 0 amide bonds. The summed E-state index contributed by atoms with van der Waals surface area (Å²) in [5.74, 6) is 0.519. The zero-order chi connectivity index (χ0) is 13.7. The number of nitro groups is 1. The van der Waals surface area contributed by atoms with Crippen LogP contribution in [-0.2, 0) is 0 Å². The van der Waals surface area contributed by atoms with Gasteiger partial charge in [-0.3, -0.25) is 10.1 Å². The fourth-order valence-corrected chi connectivity index (χ4v) is 2.55. The number of non-ortho nitro benzene ring substituents is 1. The van der Waals surface area contributed by atoms with E-state index in [4.69, 9.17) is 4.74 Å². The van der Waals surface area contributed by atoms with E-state index in [-0.39, 0.29) is 10.6 Å². The number of nitrogens with one attached hydrogen (secondary N) is 1. The molecule has 5 heteroatoms. The normalized spacial score (nSPS) is 16.7. The Morgan fingerprint density at radius 1 is 1.21 bits per heavy atom. The molecule has 104 valence electrons. The van der Waals surface area contributed by atoms with Gasteiger partial charge in [0.05, 0.1) is 18.1 Å². The Morgan fingerprint density at radius 3 is 2.47 bits per heavy atom. The van der Waals surface area contributed by atoms with Crippen LogP contribution in [0.3, 0.4) is 0 Å². The molecular weight excluding hydrogens is 244 g/mol. The molecule has 1 aliphatic rings. The maximum atomic E-state index is 10.9. The van der Waals surface area contributed by atoms with E-state index in [1.807, 2.05) is 6.07 Å². The van der Waals surface area contributed by atoms with E-state index in [0.29, 0.717) is 11.8 Å². The summed E-state index contributed by atoms with van der Waals surface area (Å²) < 4.78 is 5.12. The highest BCUT2D eigenvalue weighted by molar-refractivity contribution is 5.56. The lowest BCUT2D eigenvalue weighted by atomic mass is 10.1. The van der Waals surface area contributed by atoms with Gasteiger partial charge in [0.25, 0.3) is 5.69 Å². The van der Waals surface area contributed by atoms with E-state index in [1.54, 1.807) is 6.07 Å². The van der Waals surface area contributed by atoms with Crippen molar-refractivity contribution >= 4 is 11.4 Å². The Kier molecular flexibility index (Phi) is 4.60.